The van der Waals surface area contributed by atoms with Crippen molar-refractivity contribution in [2.75, 3.05) is 25.1 Å². The lowest BCUT2D eigenvalue weighted by atomic mass is 9.92. The zero-order valence-corrected chi connectivity index (χ0v) is 17.7. The highest BCUT2D eigenvalue weighted by Crippen LogP contribution is 2.35. The topological polar surface area (TPSA) is 146 Å². The molecule has 33 heavy (non-hydrogen) atoms. The summed E-state index contributed by atoms with van der Waals surface area (Å²) in [5, 5.41) is 21.1. The molecule has 3 heterocycles. The van der Waals surface area contributed by atoms with Crippen LogP contribution >= 0.6 is 0 Å². The fraction of sp³-hybridized carbons (Fsp3) is 0.318. The molecule has 0 amide bonds. The van der Waals surface area contributed by atoms with Crippen molar-refractivity contribution in [3.63, 3.8) is 0 Å². The summed E-state index contributed by atoms with van der Waals surface area (Å²) in [6, 6.07) is 9.57. The van der Waals surface area contributed by atoms with Gasteiger partial charge in [0.2, 0.25) is 12.2 Å². The number of aliphatic carboxylic acids is 1. The number of anilines is 1. The summed E-state index contributed by atoms with van der Waals surface area (Å²) < 4.78 is 24.8. The van der Waals surface area contributed by atoms with Crippen LogP contribution in [0.25, 0.3) is 22.6 Å². The number of benzene rings is 1. The van der Waals surface area contributed by atoms with Crippen LogP contribution in [0.5, 0.6) is 0 Å². The third-order valence-electron chi connectivity index (χ3n) is 5.12. The molecular weight excluding hydrogens is 431 g/mol. The fourth-order valence-corrected chi connectivity index (χ4v) is 3.21. The molecule has 0 atom stereocenters. The number of aromatic amines is 1. The molecule has 1 aliphatic rings. The second-order valence-corrected chi connectivity index (χ2v) is 7.77. The van der Waals surface area contributed by atoms with Crippen LogP contribution in [-0.2, 0) is 14.3 Å². The van der Waals surface area contributed by atoms with Gasteiger partial charge in [0.15, 0.2) is 5.82 Å². The summed E-state index contributed by atoms with van der Waals surface area (Å²) in [5.74, 6) is -0.722. The zero-order valence-electron chi connectivity index (χ0n) is 17.7. The van der Waals surface area contributed by atoms with E-state index in [4.69, 9.17) is 14.7 Å². The lowest BCUT2D eigenvalue weighted by Crippen LogP contribution is -2.42. The molecule has 1 aromatic carbocycles. The average molecular weight is 452 g/mol. The highest BCUT2D eigenvalue weighted by molar-refractivity contribution is 5.77. The quantitative estimate of drug-likeness (QED) is 0.460. The summed E-state index contributed by atoms with van der Waals surface area (Å²) in [5.41, 5.74) is 1.01. The van der Waals surface area contributed by atoms with E-state index in [1.54, 1.807) is 31.3 Å². The highest BCUT2D eigenvalue weighted by Gasteiger charge is 2.41. The van der Waals surface area contributed by atoms with Gasteiger partial charge in [0, 0.05) is 18.3 Å². The van der Waals surface area contributed by atoms with Crippen molar-refractivity contribution in [1.29, 1.82) is 5.26 Å². The number of carbonyl (C=O) groups is 1. The summed E-state index contributed by atoms with van der Waals surface area (Å²) in [7, 11) is 0. The van der Waals surface area contributed by atoms with E-state index in [1.165, 1.54) is 12.1 Å². The molecule has 1 aliphatic heterocycles. The van der Waals surface area contributed by atoms with Crippen molar-refractivity contribution < 1.29 is 23.8 Å². The molecular formula is C22H21FN6O4. The molecule has 4 rings (SSSR count). The van der Waals surface area contributed by atoms with Gasteiger partial charge in [-0.25, -0.2) is 19.3 Å². The van der Waals surface area contributed by atoms with Gasteiger partial charge in [-0.15, -0.1) is 0 Å². The molecule has 1 saturated heterocycles. The van der Waals surface area contributed by atoms with Crippen LogP contribution < -0.4 is 5.32 Å². The number of hydrogen-bond acceptors (Lipinski definition) is 8. The standard InChI is InChI=1S/C22H21FN6O4/c1-22(20(30)31)11-32-19(33-12-22)18-28-16(13-3-5-14(23)6-4-13)17(29-18)15-7-10-26-21(27-15)25-9-2-8-24/h3-7,10,19H,2,9,11-12H2,1H3,(H,28,29)(H,30,31)(H,25,26,27). The number of rotatable bonds is 7. The summed E-state index contributed by atoms with van der Waals surface area (Å²) >= 11 is 0. The van der Waals surface area contributed by atoms with E-state index >= 15 is 0 Å². The maximum Gasteiger partial charge on any atom is 0.314 e. The van der Waals surface area contributed by atoms with Crippen molar-refractivity contribution in [3.8, 4) is 28.7 Å². The minimum atomic E-state index is -1.15. The molecule has 10 nitrogen and oxygen atoms in total. The van der Waals surface area contributed by atoms with Gasteiger partial charge in [0.05, 0.1) is 42.8 Å². The number of aromatic nitrogens is 4. The Morgan fingerprint density at radius 3 is 2.70 bits per heavy atom. The Labute approximate surface area is 188 Å². The van der Waals surface area contributed by atoms with Crippen molar-refractivity contribution in [1.82, 2.24) is 19.9 Å². The first-order valence-corrected chi connectivity index (χ1v) is 10.2. The minimum Gasteiger partial charge on any atom is -0.481 e. The van der Waals surface area contributed by atoms with Crippen molar-refractivity contribution in [3.05, 3.63) is 48.2 Å². The van der Waals surface area contributed by atoms with Crippen molar-refractivity contribution in [2.24, 2.45) is 5.41 Å². The van der Waals surface area contributed by atoms with E-state index in [9.17, 15) is 14.3 Å². The Balaban J connectivity index is 1.68. The third kappa shape index (κ3) is 4.82. The molecule has 0 aliphatic carbocycles. The summed E-state index contributed by atoms with van der Waals surface area (Å²) in [6.45, 7) is 1.85. The molecule has 2 aromatic heterocycles. The van der Waals surface area contributed by atoms with Crippen LogP contribution in [0.1, 0.15) is 25.5 Å². The first kappa shape index (κ1) is 22.3. The highest BCUT2D eigenvalue weighted by atomic mass is 19.1. The van der Waals surface area contributed by atoms with Crippen molar-refractivity contribution >= 4 is 11.9 Å². The van der Waals surface area contributed by atoms with Crippen LogP contribution in [0.3, 0.4) is 0 Å². The van der Waals surface area contributed by atoms with Gasteiger partial charge in [0.1, 0.15) is 11.2 Å². The van der Waals surface area contributed by atoms with Gasteiger partial charge < -0.3 is 24.9 Å². The van der Waals surface area contributed by atoms with Crippen LogP contribution in [0.4, 0.5) is 10.3 Å². The van der Waals surface area contributed by atoms with E-state index in [2.05, 4.69) is 25.3 Å². The van der Waals surface area contributed by atoms with Crippen LogP contribution in [-0.4, -0.2) is 50.8 Å². The Bertz CT molecular complexity index is 1180. The van der Waals surface area contributed by atoms with E-state index < -0.39 is 17.7 Å². The maximum absolute atomic E-state index is 13.5. The summed E-state index contributed by atoms with van der Waals surface area (Å²) in [6.07, 6.45) is 0.965. The van der Waals surface area contributed by atoms with Crippen LogP contribution in [0.2, 0.25) is 0 Å². The number of hydrogen-bond donors (Lipinski definition) is 3. The fourth-order valence-electron chi connectivity index (χ4n) is 3.21. The molecule has 0 unspecified atom stereocenters. The van der Waals surface area contributed by atoms with Crippen LogP contribution in [0, 0.1) is 22.6 Å². The second kappa shape index (κ2) is 9.32. The van der Waals surface area contributed by atoms with Gasteiger partial charge in [-0.1, -0.05) is 0 Å². The number of carboxylic acids is 1. The molecule has 0 spiro atoms. The van der Waals surface area contributed by atoms with E-state index in [0.717, 1.165) is 0 Å². The lowest BCUT2D eigenvalue weighted by molar-refractivity contribution is -0.236. The number of nitrogens with one attached hydrogen (secondary N) is 2. The molecule has 1 fully saturated rings. The second-order valence-electron chi connectivity index (χ2n) is 7.77. The predicted molar refractivity (Wildman–Crippen MR) is 114 cm³/mol. The lowest BCUT2D eigenvalue weighted by Gasteiger charge is -2.33. The van der Waals surface area contributed by atoms with Gasteiger partial charge in [-0.3, -0.25) is 4.79 Å². The Morgan fingerprint density at radius 1 is 1.30 bits per heavy atom. The van der Waals surface area contributed by atoms with E-state index in [-0.39, 0.29) is 19.0 Å². The number of carboxylic acid groups (broad SMARTS) is 1. The largest absolute Gasteiger partial charge is 0.481 e. The van der Waals surface area contributed by atoms with E-state index in [0.29, 0.717) is 47.4 Å². The Hall–Kier alpha value is -3.88. The molecule has 0 bridgehead atoms. The van der Waals surface area contributed by atoms with Crippen molar-refractivity contribution in [2.45, 2.75) is 19.6 Å². The molecule has 0 radical (unpaired) electrons. The number of H-pyrrole nitrogens is 1. The minimum absolute atomic E-state index is 0.0462. The molecule has 3 N–H and O–H groups in total. The van der Waals surface area contributed by atoms with Crippen LogP contribution in [0.15, 0.2) is 36.5 Å². The first-order chi connectivity index (χ1) is 15.9. The molecule has 0 saturated carbocycles. The smallest absolute Gasteiger partial charge is 0.314 e. The normalized spacial score (nSPS) is 20.2. The number of imidazole rings is 1. The van der Waals surface area contributed by atoms with Gasteiger partial charge in [-0.05, 0) is 37.3 Å². The molecule has 11 heteroatoms. The number of ether oxygens (including phenoxy) is 2. The Morgan fingerprint density at radius 2 is 2.03 bits per heavy atom. The predicted octanol–water partition coefficient (Wildman–Crippen LogP) is 3.13. The zero-order chi connectivity index (χ0) is 23.4. The van der Waals surface area contributed by atoms with Gasteiger partial charge >= 0.3 is 5.97 Å². The number of nitrogens with zero attached hydrogens (tertiary/aromatic N) is 4. The average Bonchev–Trinajstić information content (AvgIpc) is 3.26. The third-order valence-corrected chi connectivity index (χ3v) is 5.12. The molecule has 170 valence electrons. The van der Waals surface area contributed by atoms with Gasteiger partial charge in [-0.2, -0.15) is 5.26 Å². The maximum atomic E-state index is 13.5. The monoisotopic (exact) mass is 452 g/mol. The SMILES string of the molecule is CC1(C(=O)O)COC(c2nc(-c3ccc(F)cc3)c(-c3ccnc(NCCC#N)n3)[nH]2)OC1. The number of halogens is 1. The molecule has 3 aromatic rings. The van der Waals surface area contributed by atoms with E-state index in [1.807, 2.05) is 6.07 Å². The number of nitriles is 1. The summed E-state index contributed by atoms with van der Waals surface area (Å²) in [4.78, 5) is 27.9. The van der Waals surface area contributed by atoms with Gasteiger partial charge in [0.25, 0.3) is 0 Å². The first-order valence-electron chi connectivity index (χ1n) is 10.2. The Kier molecular flexibility index (Phi) is 6.30.